The first-order valence-corrected chi connectivity index (χ1v) is 10.2. The van der Waals surface area contributed by atoms with E-state index in [0.29, 0.717) is 0 Å². The highest BCUT2D eigenvalue weighted by Crippen LogP contribution is 2.26. The minimum Gasteiger partial charge on any atom is -0.376 e. The lowest BCUT2D eigenvalue weighted by molar-refractivity contribution is -0.0403. The SMILES string of the molecule is CCOC(C)(CCCCCCBr)CCCCCCBr. The van der Waals surface area contributed by atoms with E-state index < -0.39 is 0 Å². The first-order chi connectivity index (χ1) is 9.18. The normalized spacial score (nSPS) is 12.0. The predicted octanol–water partition coefficient (Wildman–Crippen LogP) is 6.47. The molecule has 116 valence electrons. The summed E-state index contributed by atoms with van der Waals surface area (Å²) in [5.41, 5.74) is 0.123. The van der Waals surface area contributed by atoms with Gasteiger partial charge < -0.3 is 4.74 Å². The van der Waals surface area contributed by atoms with E-state index in [1.807, 2.05) is 0 Å². The Morgan fingerprint density at radius 2 is 1.16 bits per heavy atom. The zero-order valence-corrected chi connectivity index (χ0v) is 16.0. The van der Waals surface area contributed by atoms with Gasteiger partial charge in [0.15, 0.2) is 0 Å². The highest BCUT2D eigenvalue weighted by atomic mass is 79.9. The van der Waals surface area contributed by atoms with Crippen molar-refractivity contribution in [3.05, 3.63) is 0 Å². The van der Waals surface area contributed by atoms with E-state index in [0.717, 1.165) is 17.3 Å². The fourth-order valence-corrected chi connectivity index (χ4v) is 3.30. The van der Waals surface area contributed by atoms with Crippen LogP contribution in [0.5, 0.6) is 0 Å². The molecule has 0 aromatic rings. The Balaban J connectivity index is 3.76. The molecule has 0 spiro atoms. The third-order valence-electron chi connectivity index (χ3n) is 3.67. The first-order valence-electron chi connectivity index (χ1n) is 7.94. The zero-order chi connectivity index (χ0) is 14.4. The molecule has 0 amide bonds. The lowest BCUT2D eigenvalue weighted by atomic mass is 9.91. The van der Waals surface area contributed by atoms with Gasteiger partial charge in [-0.3, -0.25) is 0 Å². The van der Waals surface area contributed by atoms with Crippen molar-refractivity contribution < 1.29 is 4.74 Å². The van der Waals surface area contributed by atoms with Crippen LogP contribution < -0.4 is 0 Å². The average molecular weight is 400 g/mol. The van der Waals surface area contributed by atoms with Crippen LogP contribution in [0, 0.1) is 0 Å². The van der Waals surface area contributed by atoms with Gasteiger partial charge >= 0.3 is 0 Å². The van der Waals surface area contributed by atoms with Crippen molar-refractivity contribution in [2.45, 2.75) is 83.7 Å². The minimum atomic E-state index is 0.123. The average Bonchev–Trinajstić information content (AvgIpc) is 2.39. The summed E-state index contributed by atoms with van der Waals surface area (Å²) in [6.45, 7) is 5.28. The number of alkyl halides is 2. The van der Waals surface area contributed by atoms with Gasteiger partial charge in [0, 0.05) is 17.3 Å². The molecule has 0 saturated heterocycles. The topological polar surface area (TPSA) is 9.23 Å². The van der Waals surface area contributed by atoms with Gasteiger partial charge in [-0.05, 0) is 39.5 Å². The van der Waals surface area contributed by atoms with E-state index >= 15 is 0 Å². The van der Waals surface area contributed by atoms with Crippen molar-refractivity contribution in [2.75, 3.05) is 17.3 Å². The molecule has 0 aromatic carbocycles. The van der Waals surface area contributed by atoms with Crippen LogP contribution in [0.1, 0.15) is 78.1 Å². The molecule has 0 aromatic heterocycles. The molecule has 0 rings (SSSR count). The number of halogens is 2. The summed E-state index contributed by atoms with van der Waals surface area (Å²) < 4.78 is 6.02. The Labute approximate surface area is 137 Å². The Bertz CT molecular complexity index is 172. The number of hydrogen-bond donors (Lipinski definition) is 0. The van der Waals surface area contributed by atoms with Gasteiger partial charge in [-0.1, -0.05) is 70.4 Å². The molecule has 0 fully saturated rings. The minimum absolute atomic E-state index is 0.123. The molecular weight excluding hydrogens is 368 g/mol. The molecule has 0 radical (unpaired) electrons. The maximum atomic E-state index is 6.02. The molecule has 0 unspecified atom stereocenters. The number of unbranched alkanes of at least 4 members (excludes halogenated alkanes) is 6. The van der Waals surface area contributed by atoms with Gasteiger partial charge in [0.05, 0.1) is 5.60 Å². The van der Waals surface area contributed by atoms with Gasteiger partial charge in [-0.2, -0.15) is 0 Å². The molecule has 0 atom stereocenters. The third kappa shape index (κ3) is 12.4. The lowest BCUT2D eigenvalue weighted by Crippen LogP contribution is -2.28. The molecule has 1 nitrogen and oxygen atoms in total. The van der Waals surface area contributed by atoms with Crippen molar-refractivity contribution in [1.82, 2.24) is 0 Å². The second kappa shape index (κ2) is 13.9. The number of hydrogen-bond acceptors (Lipinski definition) is 1. The van der Waals surface area contributed by atoms with Crippen LogP contribution in [0.3, 0.4) is 0 Å². The van der Waals surface area contributed by atoms with E-state index in [9.17, 15) is 0 Å². The molecule has 0 N–H and O–H groups in total. The van der Waals surface area contributed by atoms with E-state index in [-0.39, 0.29) is 5.60 Å². The smallest absolute Gasteiger partial charge is 0.0654 e. The quantitative estimate of drug-likeness (QED) is 0.240. The molecule has 0 heterocycles. The fourth-order valence-electron chi connectivity index (χ4n) is 2.51. The van der Waals surface area contributed by atoms with Gasteiger partial charge in [0.2, 0.25) is 0 Å². The third-order valence-corrected chi connectivity index (χ3v) is 4.79. The summed E-state index contributed by atoms with van der Waals surface area (Å²) in [7, 11) is 0. The van der Waals surface area contributed by atoms with Gasteiger partial charge in [-0.15, -0.1) is 0 Å². The van der Waals surface area contributed by atoms with Crippen molar-refractivity contribution in [3.63, 3.8) is 0 Å². The van der Waals surface area contributed by atoms with E-state index in [2.05, 4.69) is 45.7 Å². The summed E-state index contributed by atoms with van der Waals surface area (Å²) in [6, 6.07) is 0. The molecule has 0 bridgehead atoms. The molecule has 0 aliphatic rings. The first kappa shape index (κ1) is 19.9. The van der Waals surface area contributed by atoms with Gasteiger partial charge in [0.1, 0.15) is 0 Å². The monoisotopic (exact) mass is 398 g/mol. The molecule has 0 aliphatic heterocycles. The molecule has 3 heteroatoms. The summed E-state index contributed by atoms with van der Waals surface area (Å²) >= 11 is 6.99. The zero-order valence-electron chi connectivity index (χ0n) is 12.9. The van der Waals surface area contributed by atoms with Crippen molar-refractivity contribution in [1.29, 1.82) is 0 Å². The summed E-state index contributed by atoms with van der Waals surface area (Å²) in [6.07, 6.45) is 13.1. The highest BCUT2D eigenvalue weighted by molar-refractivity contribution is 9.09. The van der Waals surface area contributed by atoms with Crippen LogP contribution in [0.4, 0.5) is 0 Å². The summed E-state index contributed by atoms with van der Waals surface area (Å²) in [5.74, 6) is 0. The summed E-state index contributed by atoms with van der Waals surface area (Å²) in [4.78, 5) is 0. The maximum Gasteiger partial charge on any atom is 0.0654 e. The van der Waals surface area contributed by atoms with Crippen molar-refractivity contribution in [3.8, 4) is 0 Å². The standard InChI is InChI=1S/C16H32Br2O/c1-3-19-16(2,12-8-4-6-10-14-17)13-9-5-7-11-15-18/h3-15H2,1-2H3. The second-order valence-corrected chi connectivity index (χ2v) is 7.18. The van der Waals surface area contributed by atoms with Crippen molar-refractivity contribution >= 4 is 31.9 Å². The summed E-state index contributed by atoms with van der Waals surface area (Å²) in [5, 5.41) is 2.28. The number of ether oxygens (including phenoxy) is 1. The largest absolute Gasteiger partial charge is 0.376 e. The second-order valence-electron chi connectivity index (χ2n) is 5.59. The molecule has 0 aliphatic carbocycles. The molecule has 0 saturated carbocycles. The van der Waals surface area contributed by atoms with E-state index in [4.69, 9.17) is 4.74 Å². The molecule has 19 heavy (non-hydrogen) atoms. The highest BCUT2D eigenvalue weighted by Gasteiger charge is 2.23. The predicted molar refractivity (Wildman–Crippen MR) is 93.8 cm³/mol. The lowest BCUT2D eigenvalue weighted by Gasteiger charge is -2.30. The van der Waals surface area contributed by atoms with Crippen LogP contribution in [0.25, 0.3) is 0 Å². The van der Waals surface area contributed by atoms with E-state index in [1.165, 1.54) is 64.2 Å². The van der Waals surface area contributed by atoms with Crippen LogP contribution in [-0.4, -0.2) is 22.9 Å². The van der Waals surface area contributed by atoms with Gasteiger partial charge in [0.25, 0.3) is 0 Å². The fraction of sp³-hybridized carbons (Fsp3) is 1.00. The van der Waals surface area contributed by atoms with Crippen molar-refractivity contribution in [2.24, 2.45) is 0 Å². The van der Waals surface area contributed by atoms with Crippen LogP contribution in [0.2, 0.25) is 0 Å². The Morgan fingerprint density at radius 1 is 0.737 bits per heavy atom. The maximum absolute atomic E-state index is 6.02. The van der Waals surface area contributed by atoms with Crippen LogP contribution in [-0.2, 0) is 4.74 Å². The number of rotatable bonds is 14. The Morgan fingerprint density at radius 3 is 1.53 bits per heavy atom. The Kier molecular flexibility index (Phi) is 14.6. The molecular formula is C16H32Br2O. The van der Waals surface area contributed by atoms with E-state index in [1.54, 1.807) is 0 Å². The van der Waals surface area contributed by atoms with Crippen LogP contribution in [0.15, 0.2) is 0 Å². The van der Waals surface area contributed by atoms with Crippen LogP contribution >= 0.6 is 31.9 Å². The van der Waals surface area contributed by atoms with Gasteiger partial charge in [-0.25, -0.2) is 0 Å². The Hall–Kier alpha value is 0.920.